The minimum absolute atomic E-state index is 0.197. The Hall–Kier alpha value is 0.160. The molecule has 76 valence electrons. The summed E-state index contributed by atoms with van der Waals surface area (Å²) in [4.78, 5) is 11.3. The topological polar surface area (TPSA) is 35.5 Å². The van der Waals surface area contributed by atoms with Gasteiger partial charge in [-0.25, -0.2) is 4.79 Å². The molecule has 0 amide bonds. The minimum Gasteiger partial charge on any atom is -0.464 e. The van der Waals surface area contributed by atoms with E-state index in [2.05, 4.69) is 22.6 Å². The lowest BCUT2D eigenvalue weighted by Gasteiger charge is -2.27. The van der Waals surface area contributed by atoms with Crippen LogP contribution in [0.1, 0.15) is 26.2 Å². The fraction of sp³-hybridized carbons (Fsp3) is 0.889. The summed E-state index contributed by atoms with van der Waals surface area (Å²) in [5.41, 5.74) is 0. The number of carbonyl (C=O) groups is 1. The van der Waals surface area contributed by atoms with Crippen LogP contribution in [0, 0.1) is 0 Å². The van der Waals surface area contributed by atoms with Crippen LogP contribution in [0.15, 0.2) is 0 Å². The zero-order chi connectivity index (χ0) is 9.68. The molecule has 4 heteroatoms. The highest BCUT2D eigenvalue weighted by Gasteiger charge is 2.27. The molecule has 2 unspecified atom stereocenters. The van der Waals surface area contributed by atoms with E-state index < -0.39 is 0 Å². The molecule has 0 aromatic carbocycles. The average Bonchev–Trinajstić information content (AvgIpc) is 2.18. The molecular formula is C9H15IO3. The molecule has 13 heavy (non-hydrogen) atoms. The minimum atomic E-state index is -0.312. The molecule has 1 fully saturated rings. The first kappa shape index (κ1) is 11.2. The monoisotopic (exact) mass is 298 g/mol. The molecule has 2 atom stereocenters. The predicted octanol–water partition coefficient (Wildman–Crippen LogP) is 1.92. The number of carbonyl (C=O) groups excluding carboxylic acids is 1. The molecule has 0 radical (unpaired) electrons. The summed E-state index contributed by atoms with van der Waals surface area (Å²) in [5, 5.41) is 0. The van der Waals surface area contributed by atoms with E-state index in [4.69, 9.17) is 9.47 Å². The van der Waals surface area contributed by atoms with Crippen molar-refractivity contribution in [2.24, 2.45) is 0 Å². The van der Waals surface area contributed by atoms with E-state index in [1.165, 1.54) is 0 Å². The van der Waals surface area contributed by atoms with Crippen LogP contribution in [-0.4, -0.2) is 29.2 Å². The van der Waals surface area contributed by atoms with E-state index in [1.807, 2.05) is 6.92 Å². The molecule has 0 aliphatic carbocycles. The number of esters is 1. The quantitative estimate of drug-likeness (QED) is 0.454. The Morgan fingerprint density at radius 1 is 1.62 bits per heavy atom. The second-order valence-electron chi connectivity index (χ2n) is 3.08. The first-order valence-electron chi connectivity index (χ1n) is 4.66. The summed E-state index contributed by atoms with van der Waals surface area (Å²) < 4.78 is 11.4. The van der Waals surface area contributed by atoms with E-state index in [1.54, 1.807) is 0 Å². The summed E-state index contributed by atoms with van der Waals surface area (Å²) in [6.07, 6.45) is 2.87. The van der Waals surface area contributed by atoms with E-state index in [0.717, 1.165) is 23.7 Å². The zero-order valence-corrected chi connectivity index (χ0v) is 9.95. The van der Waals surface area contributed by atoms with Gasteiger partial charge in [0.15, 0.2) is 6.10 Å². The van der Waals surface area contributed by atoms with Crippen molar-refractivity contribution in [2.45, 2.75) is 38.4 Å². The Labute approximate surface area is 92.3 Å². The molecular weight excluding hydrogens is 283 g/mol. The summed E-state index contributed by atoms with van der Waals surface area (Å²) in [7, 11) is 0. The van der Waals surface area contributed by atoms with Crippen LogP contribution in [0.4, 0.5) is 0 Å². The van der Waals surface area contributed by atoms with E-state index >= 15 is 0 Å². The first-order valence-corrected chi connectivity index (χ1v) is 6.18. The first-order chi connectivity index (χ1) is 6.27. The number of hydrogen-bond donors (Lipinski definition) is 0. The van der Waals surface area contributed by atoms with Gasteiger partial charge in [-0.15, -0.1) is 0 Å². The van der Waals surface area contributed by atoms with Crippen molar-refractivity contribution in [3.8, 4) is 0 Å². The van der Waals surface area contributed by atoms with E-state index in [-0.39, 0.29) is 18.2 Å². The van der Waals surface area contributed by atoms with Crippen molar-refractivity contribution < 1.29 is 14.3 Å². The van der Waals surface area contributed by atoms with Gasteiger partial charge in [0.1, 0.15) is 0 Å². The highest BCUT2D eigenvalue weighted by Crippen LogP contribution is 2.21. The van der Waals surface area contributed by atoms with Crippen LogP contribution in [0.5, 0.6) is 0 Å². The molecule has 0 saturated carbocycles. The Bertz CT molecular complexity index is 172. The van der Waals surface area contributed by atoms with Crippen LogP contribution in [-0.2, 0) is 14.3 Å². The summed E-state index contributed by atoms with van der Waals surface area (Å²) >= 11 is 2.28. The van der Waals surface area contributed by atoms with Gasteiger partial charge in [-0.3, -0.25) is 0 Å². The molecule has 1 aliphatic heterocycles. The van der Waals surface area contributed by atoms with Gasteiger partial charge in [-0.05, 0) is 26.2 Å². The molecule has 0 bridgehead atoms. The average molecular weight is 298 g/mol. The van der Waals surface area contributed by atoms with Gasteiger partial charge in [-0.1, -0.05) is 22.6 Å². The third-order valence-corrected chi connectivity index (χ3v) is 3.05. The predicted molar refractivity (Wildman–Crippen MR) is 58.0 cm³/mol. The maximum absolute atomic E-state index is 11.3. The lowest BCUT2D eigenvalue weighted by molar-refractivity contribution is -0.163. The van der Waals surface area contributed by atoms with Gasteiger partial charge in [0, 0.05) is 4.43 Å². The van der Waals surface area contributed by atoms with Crippen molar-refractivity contribution in [3.05, 3.63) is 0 Å². The van der Waals surface area contributed by atoms with Gasteiger partial charge in [0.05, 0.1) is 12.7 Å². The number of alkyl halides is 1. The Morgan fingerprint density at radius 2 is 2.38 bits per heavy atom. The fourth-order valence-electron chi connectivity index (χ4n) is 1.42. The zero-order valence-electron chi connectivity index (χ0n) is 7.79. The molecule has 0 N–H and O–H groups in total. The lowest BCUT2D eigenvalue weighted by atomic mass is 10.1. The third-order valence-electron chi connectivity index (χ3n) is 2.07. The normalized spacial score (nSPS) is 28.5. The molecule has 0 aromatic heterocycles. The number of hydrogen-bond acceptors (Lipinski definition) is 3. The van der Waals surface area contributed by atoms with E-state index in [0.29, 0.717) is 6.61 Å². The second kappa shape index (κ2) is 5.80. The van der Waals surface area contributed by atoms with Crippen LogP contribution in [0.2, 0.25) is 0 Å². The lowest BCUT2D eigenvalue weighted by Crippen LogP contribution is -2.35. The summed E-state index contributed by atoms with van der Waals surface area (Å²) in [6, 6.07) is 0. The van der Waals surface area contributed by atoms with Crippen LogP contribution < -0.4 is 0 Å². The Balaban J connectivity index is 2.37. The van der Waals surface area contributed by atoms with Crippen molar-refractivity contribution in [3.63, 3.8) is 0 Å². The van der Waals surface area contributed by atoms with Gasteiger partial charge < -0.3 is 9.47 Å². The smallest absolute Gasteiger partial charge is 0.335 e. The number of ether oxygens (including phenoxy) is 2. The van der Waals surface area contributed by atoms with Gasteiger partial charge in [0.25, 0.3) is 0 Å². The van der Waals surface area contributed by atoms with Gasteiger partial charge in [-0.2, -0.15) is 0 Å². The molecule has 1 aliphatic rings. The highest BCUT2D eigenvalue weighted by atomic mass is 127. The van der Waals surface area contributed by atoms with Crippen LogP contribution >= 0.6 is 22.6 Å². The molecule has 1 rings (SSSR count). The van der Waals surface area contributed by atoms with Gasteiger partial charge >= 0.3 is 5.97 Å². The third kappa shape index (κ3) is 3.42. The number of halogens is 1. The fourth-order valence-corrected chi connectivity index (χ4v) is 2.07. The SMILES string of the molecule is CCOC(=O)C1CCCC(CI)O1. The van der Waals surface area contributed by atoms with Crippen molar-refractivity contribution in [1.29, 1.82) is 0 Å². The van der Waals surface area contributed by atoms with Crippen molar-refractivity contribution >= 4 is 28.6 Å². The molecule has 1 heterocycles. The van der Waals surface area contributed by atoms with Crippen LogP contribution in [0.3, 0.4) is 0 Å². The number of rotatable bonds is 3. The van der Waals surface area contributed by atoms with Crippen LogP contribution in [0.25, 0.3) is 0 Å². The maximum Gasteiger partial charge on any atom is 0.335 e. The van der Waals surface area contributed by atoms with Crippen molar-refractivity contribution in [2.75, 3.05) is 11.0 Å². The molecule has 0 aromatic rings. The summed E-state index contributed by atoms with van der Waals surface area (Å²) in [6.45, 7) is 2.25. The molecule has 0 spiro atoms. The maximum atomic E-state index is 11.3. The molecule has 1 saturated heterocycles. The van der Waals surface area contributed by atoms with Crippen molar-refractivity contribution in [1.82, 2.24) is 0 Å². The summed E-state index contributed by atoms with van der Waals surface area (Å²) in [5.74, 6) is -0.197. The van der Waals surface area contributed by atoms with Gasteiger partial charge in [0.2, 0.25) is 0 Å². The second-order valence-corrected chi connectivity index (χ2v) is 3.96. The largest absolute Gasteiger partial charge is 0.464 e. The highest BCUT2D eigenvalue weighted by molar-refractivity contribution is 14.1. The van der Waals surface area contributed by atoms with E-state index in [9.17, 15) is 4.79 Å². The Morgan fingerprint density at radius 3 is 3.00 bits per heavy atom. The standard InChI is InChI=1S/C9H15IO3/c1-2-12-9(11)8-5-3-4-7(6-10)13-8/h7-8H,2-6H2,1H3. The molecule has 3 nitrogen and oxygen atoms in total. The Kier molecular flexibility index (Phi) is 5.01.